The molecule has 0 aliphatic rings. The molecular formula is C20H21FN2O4S. The van der Waals surface area contributed by atoms with E-state index >= 15 is 0 Å². The average Bonchev–Trinajstić information content (AvgIpc) is 3.01. The highest BCUT2D eigenvalue weighted by Gasteiger charge is 2.21. The first-order chi connectivity index (χ1) is 13.1. The van der Waals surface area contributed by atoms with Crippen molar-refractivity contribution in [1.82, 2.24) is 9.38 Å². The Labute approximate surface area is 166 Å². The molecule has 1 N–H and O–H groups in total. The minimum Gasteiger partial charge on any atom is -0.495 e. The summed E-state index contributed by atoms with van der Waals surface area (Å²) in [5.74, 6) is -1.62. The number of carboxylic acid groups (broad SMARTS) is 1. The summed E-state index contributed by atoms with van der Waals surface area (Å²) in [6.45, 7) is 6.27. The lowest BCUT2D eigenvalue weighted by atomic mass is 10.1. The number of hydrogen-bond acceptors (Lipinski definition) is 5. The fourth-order valence-corrected chi connectivity index (χ4v) is 3.93. The highest BCUT2D eigenvalue weighted by Crippen LogP contribution is 2.39. The van der Waals surface area contributed by atoms with Crippen LogP contribution >= 0.6 is 11.8 Å². The molecule has 6 nitrogen and oxygen atoms in total. The van der Waals surface area contributed by atoms with Crippen LogP contribution in [-0.2, 0) is 0 Å². The van der Waals surface area contributed by atoms with Crippen LogP contribution in [0, 0.1) is 5.82 Å². The molecule has 0 spiro atoms. The van der Waals surface area contributed by atoms with Gasteiger partial charge in [0.05, 0.1) is 31.0 Å². The van der Waals surface area contributed by atoms with Gasteiger partial charge in [-0.25, -0.2) is 14.2 Å². The average molecular weight is 404 g/mol. The zero-order valence-corrected chi connectivity index (χ0v) is 17.1. The largest absolute Gasteiger partial charge is 0.495 e. The number of fused-ring (bicyclic) bond motifs is 1. The molecule has 0 aliphatic carbocycles. The molecule has 0 radical (unpaired) electrons. The van der Waals surface area contributed by atoms with Gasteiger partial charge in [0.2, 0.25) is 0 Å². The molecule has 28 heavy (non-hydrogen) atoms. The molecule has 0 atom stereocenters. The number of aromatic nitrogens is 2. The van der Waals surface area contributed by atoms with E-state index in [-0.39, 0.29) is 16.1 Å². The first-order valence-corrected chi connectivity index (χ1v) is 9.31. The Balaban J connectivity index is 2.22. The Morgan fingerprint density at radius 3 is 2.50 bits per heavy atom. The zero-order valence-electron chi connectivity index (χ0n) is 16.2. The summed E-state index contributed by atoms with van der Waals surface area (Å²) in [5, 5.41) is 9.41. The van der Waals surface area contributed by atoms with Crippen molar-refractivity contribution < 1.29 is 23.8 Å². The Morgan fingerprint density at radius 2 is 1.93 bits per heavy atom. The van der Waals surface area contributed by atoms with Gasteiger partial charge in [-0.2, -0.15) is 0 Å². The van der Waals surface area contributed by atoms with Gasteiger partial charge < -0.3 is 14.6 Å². The predicted molar refractivity (Wildman–Crippen MR) is 106 cm³/mol. The fraction of sp³-hybridized carbons (Fsp3) is 0.300. The van der Waals surface area contributed by atoms with Gasteiger partial charge in [0.1, 0.15) is 17.0 Å². The molecule has 0 aliphatic heterocycles. The van der Waals surface area contributed by atoms with Crippen molar-refractivity contribution in [3.8, 4) is 22.8 Å². The number of aromatic carboxylic acids is 1. The quantitative estimate of drug-likeness (QED) is 0.619. The van der Waals surface area contributed by atoms with E-state index < -0.39 is 11.8 Å². The predicted octanol–water partition coefficient (Wildman–Crippen LogP) is 4.75. The number of methoxy groups -OCH3 is 2. The summed E-state index contributed by atoms with van der Waals surface area (Å²) in [6, 6.07) is 4.43. The van der Waals surface area contributed by atoms with Crippen LogP contribution in [0.4, 0.5) is 4.39 Å². The monoisotopic (exact) mass is 404 g/mol. The number of nitrogens with zero attached hydrogens (tertiary/aromatic N) is 2. The maximum absolute atomic E-state index is 14.4. The highest BCUT2D eigenvalue weighted by atomic mass is 32.2. The molecule has 0 fully saturated rings. The van der Waals surface area contributed by atoms with Crippen LogP contribution in [0.2, 0.25) is 0 Å². The third-order valence-electron chi connectivity index (χ3n) is 3.98. The lowest BCUT2D eigenvalue weighted by Crippen LogP contribution is -2.08. The molecule has 1 aromatic carbocycles. The van der Waals surface area contributed by atoms with Crippen molar-refractivity contribution in [2.24, 2.45) is 0 Å². The molecule has 148 valence electrons. The van der Waals surface area contributed by atoms with Crippen molar-refractivity contribution in [3.63, 3.8) is 0 Å². The third-order valence-corrected chi connectivity index (χ3v) is 5.12. The van der Waals surface area contributed by atoms with Crippen molar-refractivity contribution in [3.05, 3.63) is 42.0 Å². The summed E-state index contributed by atoms with van der Waals surface area (Å²) in [6.07, 6.45) is 3.45. The molecule has 2 heterocycles. The van der Waals surface area contributed by atoms with Crippen LogP contribution in [0.3, 0.4) is 0 Å². The van der Waals surface area contributed by atoms with Gasteiger partial charge in [0, 0.05) is 22.6 Å². The lowest BCUT2D eigenvalue weighted by Gasteiger charge is -2.20. The van der Waals surface area contributed by atoms with Crippen molar-refractivity contribution in [2.75, 3.05) is 14.2 Å². The van der Waals surface area contributed by atoms with Gasteiger partial charge in [-0.05, 0) is 12.1 Å². The number of pyridine rings is 1. The highest BCUT2D eigenvalue weighted by molar-refractivity contribution is 8.00. The van der Waals surface area contributed by atoms with E-state index in [1.54, 1.807) is 35.5 Å². The van der Waals surface area contributed by atoms with Crippen LogP contribution in [0.25, 0.3) is 16.9 Å². The lowest BCUT2D eigenvalue weighted by molar-refractivity contribution is 0.0692. The standard InChI is InChI=1S/C20H21FN2O4S/c1-20(2,3)28-16-10-23-14(9-22-17(23)8-15(16)26-4)11-6-12(19(24)25)18(27-5)13(21)7-11/h6-10H,1-5H3,(H,24,25). The Bertz CT molecular complexity index is 1060. The third kappa shape index (κ3) is 3.77. The zero-order chi connectivity index (χ0) is 20.6. The summed E-state index contributed by atoms with van der Waals surface area (Å²) in [4.78, 5) is 16.8. The number of carbonyl (C=O) groups is 1. The fourth-order valence-electron chi connectivity index (χ4n) is 2.87. The van der Waals surface area contributed by atoms with Gasteiger partial charge in [0.25, 0.3) is 0 Å². The van der Waals surface area contributed by atoms with E-state index in [1.807, 2.05) is 6.20 Å². The normalized spacial score (nSPS) is 11.6. The molecule has 0 saturated heterocycles. The van der Waals surface area contributed by atoms with Crippen LogP contribution in [0.1, 0.15) is 31.1 Å². The summed E-state index contributed by atoms with van der Waals surface area (Å²) >= 11 is 1.63. The van der Waals surface area contributed by atoms with Crippen LogP contribution in [-0.4, -0.2) is 39.4 Å². The number of thioether (sulfide) groups is 1. The maximum Gasteiger partial charge on any atom is 0.339 e. The van der Waals surface area contributed by atoms with E-state index in [9.17, 15) is 14.3 Å². The van der Waals surface area contributed by atoms with E-state index in [0.29, 0.717) is 22.7 Å². The molecule has 0 bridgehead atoms. The first kappa shape index (κ1) is 20.0. The van der Waals surface area contributed by atoms with Gasteiger partial charge in [0.15, 0.2) is 11.6 Å². The molecule has 8 heteroatoms. The SMILES string of the molecule is COc1cc2ncc(-c3cc(F)c(OC)c(C(=O)O)c3)n2cc1SC(C)(C)C. The summed E-state index contributed by atoms with van der Waals surface area (Å²) in [7, 11) is 2.83. The topological polar surface area (TPSA) is 73.1 Å². The number of halogens is 1. The molecule has 0 saturated carbocycles. The Kier molecular flexibility index (Phi) is 5.25. The van der Waals surface area contributed by atoms with Gasteiger partial charge in [-0.1, -0.05) is 20.8 Å². The van der Waals surface area contributed by atoms with Gasteiger partial charge in [-0.15, -0.1) is 11.8 Å². The number of imidazole rings is 1. The number of benzene rings is 1. The Hall–Kier alpha value is -2.74. The molecule has 3 aromatic rings. The van der Waals surface area contributed by atoms with E-state index in [2.05, 4.69) is 25.8 Å². The second-order valence-electron chi connectivity index (χ2n) is 7.14. The maximum atomic E-state index is 14.4. The molecule has 3 rings (SSSR count). The van der Waals surface area contributed by atoms with Crippen LogP contribution in [0.15, 0.2) is 35.5 Å². The van der Waals surface area contributed by atoms with Crippen molar-refractivity contribution >= 4 is 23.4 Å². The molecular weight excluding hydrogens is 383 g/mol. The minimum absolute atomic E-state index is 0.0512. The molecule has 2 aromatic heterocycles. The van der Waals surface area contributed by atoms with Gasteiger partial charge in [-0.3, -0.25) is 4.40 Å². The van der Waals surface area contributed by atoms with Crippen molar-refractivity contribution in [2.45, 2.75) is 30.4 Å². The first-order valence-electron chi connectivity index (χ1n) is 8.50. The molecule has 0 amide bonds. The molecule has 0 unspecified atom stereocenters. The second-order valence-corrected chi connectivity index (χ2v) is 9.00. The van der Waals surface area contributed by atoms with E-state index in [0.717, 1.165) is 4.90 Å². The second kappa shape index (κ2) is 7.35. The number of hydrogen-bond donors (Lipinski definition) is 1. The number of carboxylic acids is 1. The minimum atomic E-state index is -1.27. The van der Waals surface area contributed by atoms with Crippen molar-refractivity contribution in [1.29, 1.82) is 0 Å². The van der Waals surface area contributed by atoms with E-state index in [1.165, 1.54) is 19.2 Å². The van der Waals surface area contributed by atoms with E-state index in [4.69, 9.17) is 9.47 Å². The summed E-state index contributed by atoms with van der Waals surface area (Å²) < 4.78 is 26.6. The van der Waals surface area contributed by atoms with Crippen LogP contribution < -0.4 is 9.47 Å². The van der Waals surface area contributed by atoms with Gasteiger partial charge >= 0.3 is 5.97 Å². The number of rotatable bonds is 5. The smallest absolute Gasteiger partial charge is 0.339 e. The summed E-state index contributed by atoms with van der Waals surface area (Å²) in [5.41, 5.74) is 1.32. The number of ether oxygens (including phenoxy) is 2. The Morgan fingerprint density at radius 1 is 1.21 bits per heavy atom. The van der Waals surface area contributed by atoms with Crippen LogP contribution in [0.5, 0.6) is 11.5 Å².